The van der Waals surface area contributed by atoms with E-state index < -0.39 is 0 Å². The average Bonchev–Trinajstić information content (AvgIpc) is 3.28. The van der Waals surface area contributed by atoms with Crippen LogP contribution in [0.25, 0.3) is 55.2 Å². The van der Waals surface area contributed by atoms with Gasteiger partial charge in [0.15, 0.2) is 0 Å². The lowest BCUT2D eigenvalue weighted by atomic mass is 9.78. The maximum absolute atomic E-state index is 6.11. The van der Waals surface area contributed by atoms with Crippen LogP contribution in [-0.2, 0) is 5.41 Å². The molecule has 0 N–H and O–H groups in total. The second-order valence-electron chi connectivity index (χ2n) is 15.7. The van der Waals surface area contributed by atoms with Gasteiger partial charge in [-0.1, -0.05) is 98.8 Å². The lowest BCUT2D eigenvalue weighted by molar-refractivity contribution is 0.266. The Hall–Kier alpha value is -6.66. The molecule has 22 rings (SSSR count). The molecule has 0 saturated carbocycles. The minimum Gasteiger partial charge on any atom is -0.494 e. The fourth-order valence-electron chi connectivity index (χ4n) is 7.86. The molecule has 0 unspecified atom stereocenters. The topological polar surface area (TPSA) is 62.7 Å². The maximum Gasteiger partial charge on any atom is 0.119 e. The van der Waals surface area contributed by atoms with Crippen LogP contribution in [0.4, 0.5) is 0 Å². The quantitative estimate of drug-likeness (QED) is 0.153. The maximum atomic E-state index is 6.11. The van der Waals surface area contributed by atoms with Crippen LogP contribution in [0.2, 0.25) is 0 Å². The van der Waals surface area contributed by atoms with Crippen LogP contribution in [0.15, 0.2) is 158 Å². The van der Waals surface area contributed by atoms with E-state index >= 15 is 0 Å². The van der Waals surface area contributed by atoms with Gasteiger partial charge in [0, 0.05) is 28.6 Å². The van der Waals surface area contributed by atoms with E-state index in [9.17, 15) is 0 Å². The molecule has 6 heteroatoms. The van der Waals surface area contributed by atoms with E-state index in [1.54, 1.807) is 0 Å². The Morgan fingerprint density at radius 1 is 0.407 bits per heavy atom. The minimum atomic E-state index is -0.165. The van der Waals surface area contributed by atoms with E-state index in [1.807, 2.05) is 36.7 Å². The number of rotatable bonds is 0. The highest BCUT2D eigenvalue weighted by molar-refractivity contribution is 5.99. The van der Waals surface area contributed by atoms with Gasteiger partial charge in [-0.3, -0.25) is 9.97 Å². The van der Waals surface area contributed by atoms with Crippen LogP contribution in [-0.4, -0.2) is 36.4 Å². The number of ether oxygens (including phenoxy) is 4. The van der Waals surface area contributed by atoms with Crippen LogP contribution < -0.4 is 18.9 Å². The molecule has 0 saturated heterocycles. The Bertz CT molecular complexity index is 2490. The van der Waals surface area contributed by atoms with Crippen molar-refractivity contribution in [2.45, 2.75) is 44.9 Å². The van der Waals surface area contributed by atoms with Crippen LogP contribution in [0.5, 0.6) is 23.0 Å². The minimum absolute atomic E-state index is 0.165. The molecule has 14 aliphatic heterocycles. The van der Waals surface area contributed by atoms with E-state index in [0.29, 0.717) is 26.4 Å². The van der Waals surface area contributed by atoms with Gasteiger partial charge in [0.25, 0.3) is 0 Å². The molecule has 16 bridgehead atoms. The molecule has 6 nitrogen and oxygen atoms in total. The van der Waals surface area contributed by atoms with Crippen LogP contribution >= 0.6 is 0 Å². The van der Waals surface area contributed by atoms with E-state index in [-0.39, 0.29) is 5.41 Å². The van der Waals surface area contributed by atoms with Gasteiger partial charge in [0.2, 0.25) is 0 Å². The molecule has 16 heterocycles. The molecule has 8 aromatic rings. The molecule has 0 fully saturated rings. The summed E-state index contributed by atoms with van der Waals surface area (Å²) in [6, 6.07) is 50.7. The number of hydrogen-bond acceptors (Lipinski definition) is 6. The highest BCUT2D eigenvalue weighted by atomic mass is 16.5. The zero-order valence-corrected chi connectivity index (χ0v) is 33.7. The van der Waals surface area contributed by atoms with Gasteiger partial charge in [-0.05, 0) is 131 Å². The van der Waals surface area contributed by atoms with Gasteiger partial charge >= 0.3 is 0 Å². The van der Waals surface area contributed by atoms with Crippen molar-refractivity contribution in [3.63, 3.8) is 0 Å². The Kier molecular flexibility index (Phi) is 11.0. The summed E-state index contributed by atoms with van der Waals surface area (Å²) >= 11 is 0. The van der Waals surface area contributed by atoms with Crippen molar-refractivity contribution in [2.75, 3.05) is 26.4 Å². The van der Waals surface area contributed by atoms with Crippen molar-refractivity contribution in [2.24, 2.45) is 0 Å². The fraction of sp³-hybridized carbons (Fsp3) is 0.208. The summed E-state index contributed by atoms with van der Waals surface area (Å²) in [5, 5.41) is 4.42. The lowest BCUT2D eigenvalue weighted by Crippen LogP contribution is -2.18. The van der Waals surface area contributed by atoms with Gasteiger partial charge in [0.05, 0.1) is 37.8 Å². The van der Waals surface area contributed by atoms with Crippen LogP contribution in [0.1, 0.15) is 50.7 Å². The molecular weight excluding hydrogens is 729 g/mol. The SMILES string of the molecule is CC1(C)c2ccc(cc2)OCCCCOc2ccc(cc2)-c2cccc3cc(ncc23)-c2cc3cccc(c3cn2)-c2ccc(cc2)OCCCCOc2ccc1cc2. The van der Waals surface area contributed by atoms with E-state index in [2.05, 4.69) is 135 Å². The lowest BCUT2D eigenvalue weighted by Gasteiger charge is -2.26. The number of pyridine rings is 2. The largest absolute Gasteiger partial charge is 0.494 e. The zero-order valence-electron chi connectivity index (χ0n) is 33.7. The molecule has 294 valence electrons. The molecular formula is C53H48N2O4. The second-order valence-corrected chi connectivity index (χ2v) is 15.7. The van der Waals surface area contributed by atoms with E-state index in [1.165, 1.54) is 11.1 Å². The summed E-state index contributed by atoms with van der Waals surface area (Å²) < 4.78 is 24.4. The predicted molar refractivity (Wildman–Crippen MR) is 239 cm³/mol. The standard InChI is InChI=1S/C53H48N2O4/c1-53(2)41-17-25-45(26-18-41)58-31-5-3-29-56-43-21-13-37(14-22-43)47-11-7-9-39-33-51(54-35-49(39)47)52-34-40-10-8-12-48(50(40)36-55-52)38-15-23-44(24-16-38)57-30-4-6-32-59-46-27-19-42(53)20-28-46/h7-28,33-36H,3-6,29-32H2,1-2H3. The van der Waals surface area contributed by atoms with Gasteiger partial charge in [-0.2, -0.15) is 0 Å². The molecule has 0 amide bonds. The molecule has 0 spiro atoms. The Morgan fingerprint density at radius 3 is 1.10 bits per heavy atom. The number of hydrogen-bond donors (Lipinski definition) is 0. The Morgan fingerprint density at radius 2 is 0.746 bits per heavy atom. The first kappa shape index (κ1) is 37.9. The molecule has 0 radical (unpaired) electrons. The summed E-state index contributed by atoms with van der Waals surface area (Å²) in [5.41, 5.74) is 8.49. The third-order valence-electron chi connectivity index (χ3n) is 11.4. The van der Waals surface area contributed by atoms with Crippen molar-refractivity contribution >= 4 is 21.5 Å². The summed E-state index contributed by atoms with van der Waals surface area (Å²) in [6.07, 6.45) is 7.55. The molecule has 2 aromatic heterocycles. The van der Waals surface area contributed by atoms with Gasteiger partial charge in [-0.15, -0.1) is 0 Å². The first-order valence-corrected chi connectivity index (χ1v) is 20.7. The predicted octanol–water partition coefficient (Wildman–Crippen LogP) is 12.9. The summed E-state index contributed by atoms with van der Waals surface area (Å²) in [6.45, 7) is 7.05. The second kappa shape index (κ2) is 17.1. The average molecular weight is 777 g/mol. The van der Waals surface area contributed by atoms with Crippen molar-refractivity contribution in [3.8, 4) is 56.6 Å². The van der Waals surface area contributed by atoms with Crippen molar-refractivity contribution in [3.05, 3.63) is 169 Å². The summed E-state index contributed by atoms with van der Waals surface area (Å²) in [4.78, 5) is 9.82. The first-order chi connectivity index (χ1) is 29.0. The van der Waals surface area contributed by atoms with E-state index in [0.717, 1.165) is 104 Å². The Balaban J connectivity index is 0.939. The van der Waals surface area contributed by atoms with Crippen molar-refractivity contribution in [1.82, 2.24) is 9.97 Å². The monoisotopic (exact) mass is 776 g/mol. The number of fused-ring (bicyclic) bond motifs is 2. The van der Waals surface area contributed by atoms with Crippen LogP contribution in [0, 0.1) is 0 Å². The number of benzene rings is 6. The van der Waals surface area contributed by atoms with Crippen molar-refractivity contribution < 1.29 is 18.9 Å². The first-order valence-electron chi connectivity index (χ1n) is 20.7. The molecule has 14 aliphatic rings. The van der Waals surface area contributed by atoms with Gasteiger partial charge < -0.3 is 18.9 Å². The highest BCUT2D eigenvalue weighted by Crippen LogP contribution is 2.36. The number of nitrogens with zero attached hydrogens (tertiary/aromatic N) is 2. The third kappa shape index (κ3) is 8.49. The number of aromatic nitrogens is 2. The fourth-order valence-corrected chi connectivity index (χ4v) is 7.86. The molecule has 6 aromatic carbocycles. The normalized spacial score (nSPS) is 14.7. The molecule has 0 atom stereocenters. The zero-order chi connectivity index (χ0) is 40.0. The van der Waals surface area contributed by atoms with Crippen molar-refractivity contribution in [1.29, 1.82) is 0 Å². The van der Waals surface area contributed by atoms with Gasteiger partial charge in [0.1, 0.15) is 23.0 Å². The highest BCUT2D eigenvalue weighted by Gasteiger charge is 2.23. The summed E-state index contributed by atoms with van der Waals surface area (Å²) in [5.74, 6) is 3.48. The Labute approximate surface area is 346 Å². The van der Waals surface area contributed by atoms with E-state index in [4.69, 9.17) is 28.9 Å². The summed E-state index contributed by atoms with van der Waals surface area (Å²) in [7, 11) is 0. The van der Waals surface area contributed by atoms with Gasteiger partial charge in [-0.25, -0.2) is 0 Å². The molecule has 59 heavy (non-hydrogen) atoms. The van der Waals surface area contributed by atoms with Crippen LogP contribution in [0.3, 0.4) is 0 Å². The molecule has 0 aliphatic carbocycles. The third-order valence-corrected chi connectivity index (χ3v) is 11.4. The smallest absolute Gasteiger partial charge is 0.119 e.